The highest BCUT2D eigenvalue weighted by Crippen LogP contribution is 2.19. The summed E-state index contributed by atoms with van der Waals surface area (Å²) in [6.45, 7) is 0. The molecule has 1 aromatic carbocycles. The molecule has 0 bridgehead atoms. The maximum Gasteiger partial charge on any atom is 0.512 e. The topological polar surface area (TPSA) is 59.4 Å². The molecule has 0 spiro atoms. The lowest BCUT2D eigenvalue weighted by Crippen LogP contribution is -2.04. The van der Waals surface area contributed by atoms with E-state index in [0.29, 0.717) is 0 Å². The van der Waals surface area contributed by atoms with Crippen molar-refractivity contribution in [1.82, 2.24) is 4.98 Å². The Kier molecular flexibility index (Phi) is 2.82. The summed E-state index contributed by atoms with van der Waals surface area (Å²) >= 11 is 0. The molecule has 16 heavy (non-hydrogen) atoms. The van der Waals surface area contributed by atoms with E-state index in [4.69, 9.17) is 5.11 Å². The summed E-state index contributed by atoms with van der Waals surface area (Å²) in [4.78, 5) is 14.2. The van der Waals surface area contributed by atoms with Crippen molar-refractivity contribution in [2.75, 3.05) is 0 Å². The Labute approximate surface area is 92.1 Å². The Morgan fingerprint density at radius 3 is 2.38 bits per heavy atom. The average Bonchev–Trinajstić information content (AvgIpc) is 2.30. The van der Waals surface area contributed by atoms with Crippen molar-refractivity contribution in [3.05, 3.63) is 48.7 Å². The molecule has 0 aliphatic heterocycles. The Hall–Kier alpha value is -2.36. The van der Waals surface area contributed by atoms with Gasteiger partial charge in [0.2, 0.25) is 5.88 Å². The summed E-state index contributed by atoms with van der Waals surface area (Å²) in [7, 11) is 0. The molecule has 80 valence electrons. The Morgan fingerprint density at radius 1 is 1.06 bits per heavy atom. The zero-order valence-corrected chi connectivity index (χ0v) is 8.33. The van der Waals surface area contributed by atoms with Crippen LogP contribution in [0.2, 0.25) is 0 Å². The van der Waals surface area contributed by atoms with E-state index in [1.807, 2.05) is 30.3 Å². The van der Waals surface area contributed by atoms with Gasteiger partial charge in [-0.1, -0.05) is 30.3 Å². The van der Waals surface area contributed by atoms with Gasteiger partial charge in [-0.3, -0.25) is 0 Å². The molecular weight excluding hydrogens is 206 g/mol. The van der Waals surface area contributed by atoms with Crippen molar-refractivity contribution >= 4 is 6.16 Å². The minimum absolute atomic E-state index is 0.0761. The number of hydrogen-bond acceptors (Lipinski definition) is 3. The molecule has 2 rings (SSSR count). The first-order valence-corrected chi connectivity index (χ1v) is 4.68. The number of ether oxygens (including phenoxy) is 1. The number of carboxylic acid groups (broad SMARTS) is 1. The van der Waals surface area contributed by atoms with Gasteiger partial charge in [0.25, 0.3) is 0 Å². The van der Waals surface area contributed by atoms with Gasteiger partial charge >= 0.3 is 6.16 Å². The SMILES string of the molecule is O=C(O)Oc1ccc(-c2ccccc2)cn1. The van der Waals surface area contributed by atoms with Crippen LogP contribution in [0.4, 0.5) is 4.79 Å². The Morgan fingerprint density at radius 2 is 1.81 bits per heavy atom. The Bertz CT molecular complexity index is 479. The molecule has 0 saturated carbocycles. The zero-order valence-electron chi connectivity index (χ0n) is 8.33. The quantitative estimate of drug-likeness (QED) is 0.782. The number of aromatic nitrogens is 1. The van der Waals surface area contributed by atoms with Gasteiger partial charge in [-0.05, 0) is 11.6 Å². The predicted molar refractivity (Wildman–Crippen MR) is 58.3 cm³/mol. The lowest BCUT2D eigenvalue weighted by Gasteiger charge is -2.02. The molecule has 1 heterocycles. The van der Waals surface area contributed by atoms with E-state index in [1.165, 1.54) is 6.07 Å². The van der Waals surface area contributed by atoms with Crippen LogP contribution in [0.25, 0.3) is 11.1 Å². The van der Waals surface area contributed by atoms with Gasteiger partial charge in [0, 0.05) is 17.8 Å². The third kappa shape index (κ3) is 2.36. The number of pyridine rings is 1. The van der Waals surface area contributed by atoms with Crippen molar-refractivity contribution < 1.29 is 14.6 Å². The van der Waals surface area contributed by atoms with Gasteiger partial charge < -0.3 is 9.84 Å². The maximum atomic E-state index is 10.3. The van der Waals surface area contributed by atoms with Crippen molar-refractivity contribution in [2.24, 2.45) is 0 Å². The zero-order chi connectivity index (χ0) is 11.4. The molecule has 0 saturated heterocycles. The highest BCUT2D eigenvalue weighted by atomic mass is 16.7. The fraction of sp³-hybridized carbons (Fsp3) is 0. The summed E-state index contributed by atoms with van der Waals surface area (Å²) in [6.07, 6.45) is 0.216. The molecule has 0 amide bonds. The minimum Gasteiger partial charge on any atom is -0.449 e. The normalized spacial score (nSPS) is 9.75. The largest absolute Gasteiger partial charge is 0.512 e. The summed E-state index contributed by atoms with van der Waals surface area (Å²) < 4.78 is 4.41. The van der Waals surface area contributed by atoms with Crippen LogP contribution in [0.5, 0.6) is 5.88 Å². The number of hydrogen-bond donors (Lipinski definition) is 1. The molecular formula is C12H9NO3. The van der Waals surface area contributed by atoms with Crippen molar-refractivity contribution in [3.8, 4) is 17.0 Å². The highest BCUT2D eigenvalue weighted by Gasteiger charge is 2.02. The van der Waals surface area contributed by atoms with Gasteiger partial charge in [-0.25, -0.2) is 9.78 Å². The van der Waals surface area contributed by atoms with Crippen LogP contribution in [0.3, 0.4) is 0 Å². The third-order valence-electron chi connectivity index (χ3n) is 2.04. The van der Waals surface area contributed by atoms with E-state index in [2.05, 4.69) is 9.72 Å². The first kappa shape index (κ1) is 10.2. The standard InChI is InChI=1S/C12H9NO3/c14-12(15)16-11-7-6-10(8-13-11)9-4-2-1-3-5-9/h1-8H,(H,14,15). The first-order chi connectivity index (χ1) is 7.75. The summed E-state index contributed by atoms with van der Waals surface area (Å²) in [5, 5.41) is 8.39. The van der Waals surface area contributed by atoms with Crippen LogP contribution in [0.1, 0.15) is 0 Å². The maximum absolute atomic E-state index is 10.3. The van der Waals surface area contributed by atoms with Gasteiger partial charge in [-0.15, -0.1) is 0 Å². The molecule has 0 aliphatic carbocycles. The molecule has 0 aliphatic rings. The predicted octanol–water partition coefficient (Wildman–Crippen LogP) is 2.81. The van der Waals surface area contributed by atoms with E-state index in [-0.39, 0.29) is 5.88 Å². The second-order valence-corrected chi connectivity index (χ2v) is 3.12. The van der Waals surface area contributed by atoms with Crippen LogP contribution in [0.15, 0.2) is 48.7 Å². The molecule has 0 radical (unpaired) electrons. The van der Waals surface area contributed by atoms with Gasteiger partial charge in [-0.2, -0.15) is 0 Å². The second kappa shape index (κ2) is 4.44. The van der Waals surface area contributed by atoms with Crippen LogP contribution < -0.4 is 4.74 Å². The van der Waals surface area contributed by atoms with Crippen LogP contribution >= 0.6 is 0 Å². The van der Waals surface area contributed by atoms with E-state index in [1.54, 1.807) is 12.3 Å². The van der Waals surface area contributed by atoms with E-state index < -0.39 is 6.16 Å². The number of benzene rings is 1. The monoisotopic (exact) mass is 215 g/mol. The van der Waals surface area contributed by atoms with Gasteiger partial charge in [0.15, 0.2) is 0 Å². The summed E-state index contributed by atoms with van der Waals surface area (Å²) in [5.41, 5.74) is 1.94. The number of rotatable bonds is 2. The fourth-order valence-electron chi connectivity index (χ4n) is 1.33. The van der Waals surface area contributed by atoms with Crippen LogP contribution in [0, 0.1) is 0 Å². The molecule has 0 fully saturated rings. The van der Waals surface area contributed by atoms with Crippen LogP contribution in [-0.2, 0) is 0 Å². The third-order valence-corrected chi connectivity index (χ3v) is 2.04. The average molecular weight is 215 g/mol. The summed E-state index contributed by atoms with van der Waals surface area (Å²) in [6, 6.07) is 13.0. The van der Waals surface area contributed by atoms with E-state index >= 15 is 0 Å². The second-order valence-electron chi connectivity index (χ2n) is 3.12. The molecule has 4 nitrogen and oxygen atoms in total. The van der Waals surface area contributed by atoms with Gasteiger partial charge in [0.1, 0.15) is 0 Å². The lowest BCUT2D eigenvalue weighted by atomic mass is 10.1. The van der Waals surface area contributed by atoms with Crippen molar-refractivity contribution in [2.45, 2.75) is 0 Å². The molecule has 0 atom stereocenters. The minimum atomic E-state index is -1.36. The molecule has 4 heteroatoms. The molecule has 1 aromatic heterocycles. The lowest BCUT2D eigenvalue weighted by molar-refractivity contribution is 0.142. The van der Waals surface area contributed by atoms with E-state index in [0.717, 1.165) is 11.1 Å². The molecule has 2 aromatic rings. The van der Waals surface area contributed by atoms with Crippen molar-refractivity contribution in [3.63, 3.8) is 0 Å². The molecule has 0 unspecified atom stereocenters. The van der Waals surface area contributed by atoms with E-state index in [9.17, 15) is 4.79 Å². The van der Waals surface area contributed by atoms with Gasteiger partial charge in [0.05, 0.1) is 0 Å². The first-order valence-electron chi connectivity index (χ1n) is 4.68. The number of carbonyl (C=O) groups is 1. The fourth-order valence-corrected chi connectivity index (χ4v) is 1.33. The Balaban J connectivity index is 2.23. The van der Waals surface area contributed by atoms with Crippen molar-refractivity contribution in [1.29, 1.82) is 0 Å². The highest BCUT2D eigenvalue weighted by molar-refractivity contribution is 5.64. The molecule has 1 N–H and O–H groups in total. The van der Waals surface area contributed by atoms with Crippen LogP contribution in [-0.4, -0.2) is 16.2 Å². The smallest absolute Gasteiger partial charge is 0.449 e. The number of nitrogens with zero attached hydrogens (tertiary/aromatic N) is 1. The summed E-state index contributed by atoms with van der Waals surface area (Å²) in [5.74, 6) is 0.0761.